The van der Waals surface area contributed by atoms with Gasteiger partial charge < -0.3 is 13.2 Å². The number of hydrogen-bond donors (Lipinski definition) is 0. The molecule has 0 N–H and O–H groups in total. The predicted molar refractivity (Wildman–Crippen MR) is 285 cm³/mol. The van der Waals surface area contributed by atoms with Crippen LogP contribution >= 0.6 is 0 Å². The minimum Gasteiger partial charge on any atom is -0.302 e. The summed E-state index contributed by atoms with van der Waals surface area (Å²) in [5, 5.41) is 0. The van der Waals surface area contributed by atoms with E-state index >= 15 is 0 Å². The molecule has 0 radical (unpaired) electrons. The summed E-state index contributed by atoms with van der Waals surface area (Å²) in [6.07, 6.45) is 12.0. The van der Waals surface area contributed by atoms with Gasteiger partial charge in [0.2, 0.25) is 11.0 Å². The molecule has 14 aromatic rings. The normalized spacial score (nSPS) is 13.5. The van der Waals surface area contributed by atoms with Crippen molar-refractivity contribution in [2.24, 2.45) is 0 Å². The highest BCUT2D eigenvalue weighted by Crippen LogP contribution is 2.55. The van der Waals surface area contributed by atoms with Crippen molar-refractivity contribution in [1.82, 2.24) is 22.0 Å². The van der Waals surface area contributed by atoms with Gasteiger partial charge in [0.25, 0.3) is 5.52 Å². The first-order chi connectivity index (χ1) is 32.9. The summed E-state index contributed by atoms with van der Waals surface area (Å²) < 4.78 is 17.4. The Morgan fingerprint density at radius 1 is 0.254 bits per heavy atom. The summed E-state index contributed by atoms with van der Waals surface area (Å²) in [5.41, 5.74) is 47.1. The van der Waals surface area contributed by atoms with Crippen LogP contribution in [0.25, 0.3) is 110 Å². The molecular weight excluding hydrogens is 817 g/mol. The second kappa shape index (κ2) is 13.4. The fourth-order valence-electron chi connectivity index (χ4n) is 15.9. The highest BCUT2D eigenvalue weighted by atomic mass is 15.2. The molecule has 0 saturated carbocycles. The van der Waals surface area contributed by atoms with Gasteiger partial charge >= 0.3 is 0 Å². The van der Waals surface area contributed by atoms with Crippen LogP contribution in [0.2, 0.25) is 0 Å². The standard InChI is InChI=1S/C61H65N6/c1-13-31-33(15-3)46-48-35(17-5)37(19-7)50-52-39(21-9)41(23-11)54-55-42(24-12)40(22-10)53-51-38(20-8)36(18-6)49-47-34(16-4)32(14-2)45-43(30-28-26-25-27-29-30)44(31)62(46)56-57(63(45)47)59(65(49)51)61(67(53)55)60(66(52)54)58(56)64(48)50/h25-29H,13-24H2,1-12H3/q+1. The van der Waals surface area contributed by atoms with Crippen molar-refractivity contribution in [3.05, 3.63) is 97.1 Å². The van der Waals surface area contributed by atoms with Gasteiger partial charge in [-0.3, -0.25) is 8.80 Å². The van der Waals surface area contributed by atoms with E-state index in [4.69, 9.17) is 0 Å². The fraction of sp³-hybridized carbons (Fsp3) is 0.393. The topological polar surface area (TPSA) is 26.1 Å². The van der Waals surface area contributed by atoms with Crippen molar-refractivity contribution < 1.29 is 4.40 Å². The van der Waals surface area contributed by atoms with Gasteiger partial charge in [0.15, 0.2) is 0 Å². The van der Waals surface area contributed by atoms with Crippen molar-refractivity contribution in [2.45, 2.75) is 160 Å². The third-order valence-electron chi connectivity index (χ3n) is 17.9. The molecule has 0 aliphatic heterocycles. The first-order valence-corrected chi connectivity index (χ1v) is 26.7. The van der Waals surface area contributed by atoms with Crippen LogP contribution in [0.4, 0.5) is 0 Å². The van der Waals surface area contributed by atoms with Gasteiger partial charge in [-0.2, -0.15) is 0 Å². The van der Waals surface area contributed by atoms with Gasteiger partial charge in [-0.25, -0.2) is 0 Å². The van der Waals surface area contributed by atoms with Crippen LogP contribution in [-0.2, 0) is 77.0 Å². The molecule has 6 nitrogen and oxygen atoms in total. The Hall–Kier alpha value is -6.01. The molecule has 0 fully saturated rings. The van der Waals surface area contributed by atoms with E-state index in [0.29, 0.717) is 0 Å². The molecule has 0 amide bonds. The number of aryl methyl sites for hydroxylation is 12. The SMILES string of the molecule is CCc1c(CC)c2c3c(CC)c(CC)c4c5c(CC)c(CC)c6c7c(CC)c(CC)c8c9c(CC)c(CC)c%10c%11c(CC)c(CC)c%12c(-c%13ccccc%13)c1n2c1c(c(c(c(c1[n+]%12%11)n9%10)n78)n56)n34. The summed E-state index contributed by atoms with van der Waals surface area (Å²) in [6.45, 7) is 29.2. The quantitative estimate of drug-likeness (QED) is 0.0627. The summed E-state index contributed by atoms with van der Waals surface area (Å²) in [6, 6.07) is 11.6. The van der Waals surface area contributed by atoms with Crippen LogP contribution in [0, 0.1) is 0 Å². The smallest absolute Gasteiger partial charge is 0.264 e. The van der Waals surface area contributed by atoms with Crippen LogP contribution in [0.1, 0.15) is 150 Å². The van der Waals surface area contributed by atoms with E-state index in [-0.39, 0.29) is 0 Å². The van der Waals surface area contributed by atoms with Gasteiger partial charge in [0.05, 0.1) is 60.7 Å². The molecule has 0 atom stereocenters. The highest BCUT2D eigenvalue weighted by molar-refractivity contribution is 6.29. The van der Waals surface area contributed by atoms with Crippen molar-refractivity contribution in [2.75, 3.05) is 0 Å². The van der Waals surface area contributed by atoms with Gasteiger partial charge in [0.1, 0.15) is 27.6 Å². The zero-order chi connectivity index (χ0) is 46.0. The van der Waals surface area contributed by atoms with Crippen LogP contribution in [0.15, 0.2) is 30.3 Å². The summed E-state index contributed by atoms with van der Waals surface area (Å²) >= 11 is 0. The molecule has 0 aliphatic carbocycles. The van der Waals surface area contributed by atoms with Crippen molar-refractivity contribution in [1.29, 1.82) is 0 Å². The lowest BCUT2D eigenvalue weighted by atomic mass is 9.96. The first-order valence-electron chi connectivity index (χ1n) is 26.7. The van der Waals surface area contributed by atoms with Crippen LogP contribution in [-0.4, -0.2) is 22.0 Å². The van der Waals surface area contributed by atoms with Crippen LogP contribution in [0.3, 0.4) is 0 Å². The second-order valence-corrected chi connectivity index (χ2v) is 20.0. The third kappa shape index (κ3) is 3.95. The van der Waals surface area contributed by atoms with Gasteiger partial charge in [-0.05, 0) is 138 Å². The van der Waals surface area contributed by atoms with Crippen molar-refractivity contribution >= 4 is 99.3 Å². The van der Waals surface area contributed by atoms with E-state index in [2.05, 4.69) is 140 Å². The van der Waals surface area contributed by atoms with Gasteiger partial charge in [0, 0.05) is 11.1 Å². The number of nitrogens with zero attached hydrogens (tertiary/aromatic N) is 6. The van der Waals surface area contributed by atoms with Crippen LogP contribution < -0.4 is 4.40 Å². The molecule has 0 unspecified atom stereocenters. The fourth-order valence-corrected chi connectivity index (χ4v) is 15.9. The van der Waals surface area contributed by atoms with E-state index in [1.54, 1.807) is 44.5 Å². The maximum atomic E-state index is 2.90. The predicted octanol–water partition coefficient (Wildman–Crippen LogP) is 14.7. The Labute approximate surface area is 392 Å². The molecule has 12 heterocycles. The number of rotatable bonds is 13. The first kappa shape index (κ1) is 40.1. The third-order valence-corrected chi connectivity index (χ3v) is 17.9. The summed E-state index contributed by atoms with van der Waals surface area (Å²) in [4.78, 5) is 0. The number of fused-ring (bicyclic) bond motifs is 5. The summed E-state index contributed by atoms with van der Waals surface area (Å²) in [5.74, 6) is 0. The summed E-state index contributed by atoms with van der Waals surface area (Å²) in [7, 11) is 0. The van der Waals surface area contributed by atoms with Gasteiger partial charge in [-0.15, -0.1) is 4.40 Å². The largest absolute Gasteiger partial charge is 0.302 e. The highest BCUT2D eigenvalue weighted by Gasteiger charge is 2.44. The zero-order valence-corrected chi connectivity index (χ0v) is 42.1. The molecule has 0 aliphatic rings. The number of aromatic nitrogens is 6. The van der Waals surface area contributed by atoms with E-state index in [9.17, 15) is 0 Å². The zero-order valence-electron chi connectivity index (χ0n) is 42.1. The average molecular weight is 882 g/mol. The molecule has 0 spiro atoms. The lowest BCUT2D eigenvalue weighted by Gasteiger charge is -2.23. The molecular formula is C61H65N6+. The maximum absolute atomic E-state index is 2.90. The monoisotopic (exact) mass is 882 g/mol. The number of benzene rings is 2. The maximum Gasteiger partial charge on any atom is 0.264 e. The van der Waals surface area contributed by atoms with Crippen molar-refractivity contribution in [3.8, 4) is 11.1 Å². The second-order valence-electron chi connectivity index (χ2n) is 20.0. The molecule has 2 aromatic carbocycles. The Kier molecular flexibility index (Phi) is 8.00. The molecule has 6 heteroatoms. The van der Waals surface area contributed by atoms with E-state index in [1.165, 1.54) is 133 Å². The van der Waals surface area contributed by atoms with E-state index in [0.717, 1.165) is 77.0 Å². The van der Waals surface area contributed by atoms with Crippen LogP contribution in [0.5, 0.6) is 0 Å². The number of hydrogen-bond acceptors (Lipinski definition) is 0. The lowest BCUT2D eigenvalue weighted by molar-refractivity contribution is -0.446. The molecule has 12 aromatic heterocycles. The minimum atomic E-state index is 0.978. The molecule has 338 valence electrons. The van der Waals surface area contributed by atoms with Crippen molar-refractivity contribution in [3.63, 3.8) is 0 Å². The van der Waals surface area contributed by atoms with Gasteiger partial charge in [-0.1, -0.05) is 113 Å². The lowest BCUT2D eigenvalue weighted by Crippen LogP contribution is -2.26. The Balaban J connectivity index is 1.54. The molecule has 0 bridgehead atoms. The van der Waals surface area contributed by atoms with E-state index in [1.807, 2.05) is 0 Å². The Morgan fingerprint density at radius 2 is 0.522 bits per heavy atom. The Morgan fingerprint density at radius 3 is 0.866 bits per heavy atom. The molecule has 14 rings (SSSR count). The average Bonchev–Trinajstić information content (AvgIpc) is 4.18. The molecule has 0 saturated heterocycles. The Bertz CT molecular complexity index is 4020. The minimum absolute atomic E-state index is 0.978. The molecule has 67 heavy (non-hydrogen) atoms. The van der Waals surface area contributed by atoms with E-state index < -0.39 is 0 Å².